The Kier molecular flexibility index (Phi) is 8.34. The molecular weight excluding hydrogens is 402 g/mol. The molecule has 32 heavy (non-hydrogen) atoms. The normalized spacial score (nSPS) is 19.1. The van der Waals surface area contributed by atoms with Gasteiger partial charge in [-0.3, -0.25) is 14.6 Å². The molecule has 2 aromatic rings. The Hall–Kier alpha value is -3.25. The van der Waals surface area contributed by atoms with Crippen molar-refractivity contribution in [1.29, 1.82) is 0 Å². The van der Waals surface area contributed by atoms with Gasteiger partial charge in [0.05, 0.1) is 12.0 Å². The summed E-state index contributed by atoms with van der Waals surface area (Å²) in [6.45, 7) is 4.35. The lowest BCUT2D eigenvalue weighted by Crippen LogP contribution is -2.47. The maximum Gasteiger partial charge on any atom is 0.243 e. The zero-order valence-corrected chi connectivity index (χ0v) is 18.5. The van der Waals surface area contributed by atoms with Gasteiger partial charge in [-0.05, 0) is 29.5 Å². The zero-order chi connectivity index (χ0) is 22.9. The first-order chi connectivity index (χ1) is 15.5. The van der Waals surface area contributed by atoms with E-state index in [2.05, 4.69) is 16.9 Å². The standard InChI is InChI=1S/C26H31N3O3/c1-3-22(14-13-19-7-5-4-6-8-19)26(32)29-18-23(30)15-24(29)25(31)28-17-21-11-9-20(10-12-21)16-27-2/h3-12,16,22-24,30H,1,13-15,17-18H2,2H3,(H,28,31)/t22-,23+,24+/m1/s1. The van der Waals surface area contributed by atoms with Crippen LogP contribution in [0.4, 0.5) is 0 Å². The summed E-state index contributed by atoms with van der Waals surface area (Å²) in [6, 6.07) is 17.0. The molecule has 2 N–H and O–H groups in total. The number of aliphatic hydroxyl groups excluding tert-OH is 1. The van der Waals surface area contributed by atoms with Crippen molar-refractivity contribution in [2.75, 3.05) is 13.6 Å². The molecule has 2 aromatic carbocycles. The quantitative estimate of drug-likeness (QED) is 0.471. The maximum atomic E-state index is 13.2. The molecule has 6 heteroatoms. The summed E-state index contributed by atoms with van der Waals surface area (Å²) in [5.74, 6) is -0.806. The van der Waals surface area contributed by atoms with Crippen molar-refractivity contribution in [1.82, 2.24) is 10.2 Å². The fraction of sp³-hybridized carbons (Fsp3) is 0.346. The van der Waals surface area contributed by atoms with E-state index in [-0.39, 0.29) is 24.8 Å². The minimum Gasteiger partial charge on any atom is -0.391 e. The van der Waals surface area contributed by atoms with Crippen molar-refractivity contribution in [3.8, 4) is 0 Å². The van der Waals surface area contributed by atoms with Crippen LogP contribution >= 0.6 is 0 Å². The molecule has 0 aromatic heterocycles. The van der Waals surface area contributed by atoms with E-state index < -0.39 is 18.1 Å². The molecule has 2 amide bonds. The fourth-order valence-electron chi connectivity index (χ4n) is 4.01. The number of likely N-dealkylation sites (tertiary alicyclic amines) is 1. The molecule has 0 bridgehead atoms. The average molecular weight is 434 g/mol. The summed E-state index contributed by atoms with van der Waals surface area (Å²) in [6.07, 6.45) is 4.30. The first-order valence-electron chi connectivity index (χ1n) is 11.0. The fourth-order valence-corrected chi connectivity index (χ4v) is 4.01. The molecule has 1 fully saturated rings. The van der Waals surface area contributed by atoms with E-state index in [1.54, 1.807) is 19.3 Å². The highest BCUT2D eigenvalue weighted by atomic mass is 16.3. The maximum absolute atomic E-state index is 13.2. The van der Waals surface area contributed by atoms with Crippen LogP contribution in [-0.4, -0.2) is 53.8 Å². The van der Waals surface area contributed by atoms with Gasteiger partial charge in [0.15, 0.2) is 0 Å². The van der Waals surface area contributed by atoms with Crippen LogP contribution in [0.1, 0.15) is 29.5 Å². The number of amides is 2. The van der Waals surface area contributed by atoms with E-state index in [1.807, 2.05) is 54.6 Å². The minimum atomic E-state index is -0.707. The smallest absolute Gasteiger partial charge is 0.243 e. The second-order valence-electron chi connectivity index (χ2n) is 8.11. The molecule has 0 aliphatic carbocycles. The Morgan fingerprint density at radius 3 is 2.56 bits per heavy atom. The molecule has 6 nitrogen and oxygen atoms in total. The summed E-state index contributed by atoms with van der Waals surface area (Å²) in [4.78, 5) is 31.6. The molecule has 168 valence electrons. The average Bonchev–Trinajstić information content (AvgIpc) is 3.21. The third-order valence-corrected chi connectivity index (χ3v) is 5.78. The number of β-amino-alcohol motifs (C(OH)–C–C–N with tert-alkyl or cyclic N) is 1. The molecule has 1 heterocycles. The van der Waals surface area contributed by atoms with E-state index in [4.69, 9.17) is 0 Å². The summed E-state index contributed by atoms with van der Waals surface area (Å²) in [7, 11) is 1.72. The number of nitrogens with zero attached hydrogens (tertiary/aromatic N) is 2. The van der Waals surface area contributed by atoms with E-state index in [9.17, 15) is 14.7 Å². The highest BCUT2D eigenvalue weighted by Gasteiger charge is 2.40. The molecule has 0 spiro atoms. The molecular formula is C26H31N3O3. The Morgan fingerprint density at radius 1 is 1.19 bits per heavy atom. The van der Waals surface area contributed by atoms with E-state index in [0.717, 1.165) is 23.1 Å². The van der Waals surface area contributed by atoms with Crippen molar-refractivity contribution < 1.29 is 14.7 Å². The number of aliphatic imine (C=N–C) groups is 1. The highest BCUT2D eigenvalue weighted by molar-refractivity contribution is 5.90. The number of hydrogen-bond acceptors (Lipinski definition) is 4. The lowest BCUT2D eigenvalue weighted by molar-refractivity contribution is -0.140. The van der Waals surface area contributed by atoms with Crippen LogP contribution in [-0.2, 0) is 22.6 Å². The number of rotatable bonds is 9. The molecule has 0 unspecified atom stereocenters. The van der Waals surface area contributed by atoms with Gasteiger partial charge in [0.1, 0.15) is 6.04 Å². The van der Waals surface area contributed by atoms with Gasteiger partial charge in [-0.15, -0.1) is 6.58 Å². The topological polar surface area (TPSA) is 82.0 Å². The number of carbonyl (C=O) groups is 2. The van der Waals surface area contributed by atoms with Crippen molar-refractivity contribution in [2.45, 2.75) is 38.0 Å². The molecule has 1 aliphatic rings. The lowest BCUT2D eigenvalue weighted by Gasteiger charge is -2.27. The summed E-state index contributed by atoms with van der Waals surface area (Å²) in [5, 5.41) is 13.1. The van der Waals surface area contributed by atoms with Gasteiger partial charge in [0.25, 0.3) is 0 Å². The van der Waals surface area contributed by atoms with Crippen LogP contribution in [0.3, 0.4) is 0 Å². The first kappa shape index (κ1) is 23.4. The van der Waals surface area contributed by atoms with E-state index >= 15 is 0 Å². The van der Waals surface area contributed by atoms with E-state index in [1.165, 1.54) is 4.90 Å². The van der Waals surface area contributed by atoms with Gasteiger partial charge in [0, 0.05) is 32.8 Å². The van der Waals surface area contributed by atoms with Crippen molar-refractivity contribution in [3.63, 3.8) is 0 Å². The third-order valence-electron chi connectivity index (χ3n) is 5.78. The van der Waals surface area contributed by atoms with Crippen LogP contribution in [0.2, 0.25) is 0 Å². The third kappa shape index (κ3) is 6.14. The van der Waals surface area contributed by atoms with Crippen LogP contribution in [0.15, 0.2) is 72.2 Å². The largest absolute Gasteiger partial charge is 0.391 e. The predicted molar refractivity (Wildman–Crippen MR) is 126 cm³/mol. The number of aryl methyl sites for hydroxylation is 1. The molecule has 0 radical (unpaired) electrons. The predicted octanol–water partition coefficient (Wildman–Crippen LogP) is 2.75. The van der Waals surface area contributed by atoms with Gasteiger partial charge < -0.3 is 15.3 Å². The molecule has 3 atom stereocenters. The lowest BCUT2D eigenvalue weighted by atomic mass is 9.97. The van der Waals surface area contributed by atoms with Crippen molar-refractivity contribution in [2.24, 2.45) is 10.9 Å². The number of hydrogen-bond donors (Lipinski definition) is 2. The molecule has 3 rings (SSSR count). The van der Waals surface area contributed by atoms with Crippen molar-refractivity contribution >= 4 is 18.0 Å². The Balaban J connectivity index is 1.60. The second kappa shape index (κ2) is 11.4. The van der Waals surface area contributed by atoms with E-state index in [0.29, 0.717) is 13.0 Å². The number of nitrogens with one attached hydrogen (secondary N) is 1. The number of carbonyl (C=O) groups excluding carboxylic acids is 2. The Labute approximate surface area is 189 Å². The first-order valence-corrected chi connectivity index (χ1v) is 11.0. The number of aliphatic hydroxyl groups is 1. The summed E-state index contributed by atoms with van der Waals surface area (Å²) in [5.41, 5.74) is 3.10. The summed E-state index contributed by atoms with van der Waals surface area (Å²) >= 11 is 0. The minimum absolute atomic E-state index is 0.157. The van der Waals surface area contributed by atoms with Gasteiger partial charge in [-0.1, -0.05) is 60.7 Å². The second-order valence-corrected chi connectivity index (χ2v) is 8.11. The summed E-state index contributed by atoms with van der Waals surface area (Å²) < 4.78 is 0. The van der Waals surface area contributed by atoms with Crippen LogP contribution in [0, 0.1) is 5.92 Å². The number of benzene rings is 2. The molecule has 1 saturated heterocycles. The Bertz CT molecular complexity index is 941. The van der Waals surface area contributed by atoms with Crippen LogP contribution < -0.4 is 5.32 Å². The monoisotopic (exact) mass is 433 g/mol. The van der Waals surface area contributed by atoms with Crippen LogP contribution in [0.25, 0.3) is 0 Å². The molecule has 1 aliphatic heterocycles. The van der Waals surface area contributed by atoms with Gasteiger partial charge in [0.2, 0.25) is 11.8 Å². The zero-order valence-electron chi connectivity index (χ0n) is 18.5. The van der Waals surface area contributed by atoms with Crippen LogP contribution in [0.5, 0.6) is 0 Å². The van der Waals surface area contributed by atoms with Gasteiger partial charge in [-0.2, -0.15) is 0 Å². The molecule has 0 saturated carbocycles. The Morgan fingerprint density at radius 2 is 1.91 bits per heavy atom. The van der Waals surface area contributed by atoms with Gasteiger partial charge in [-0.25, -0.2) is 0 Å². The van der Waals surface area contributed by atoms with Crippen molar-refractivity contribution in [3.05, 3.63) is 83.9 Å². The SMILES string of the molecule is C=C[C@H](CCc1ccccc1)C(=O)N1C[C@@H](O)C[C@H]1C(=O)NCc1ccc(C=NC)cc1. The van der Waals surface area contributed by atoms with Gasteiger partial charge >= 0.3 is 0 Å². The highest BCUT2D eigenvalue weighted by Crippen LogP contribution is 2.23.